The molecule has 3 nitrogen and oxygen atoms in total. The lowest BCUT2D eigenvalue weighted by Crippen LogP contribution is -2.74. The molecular formula is C64H56BN3Si. The molecule has 9 aromatic carbocycles. The third-order valence-corrected chi connectivity index (χ3v) is 19.4. The van der Waals surface area contributed by atoms with Gasteiger partial charge in [0.1, 0.15) is 0 Å². The summed E-state index contributed by atoms with van der Waals surface area (Å²) in [7, 11) is -2.92. The molecule has 0 fully saturated rings. The smallest absolute Gasteiger partial charge is 0.252 e. The van der Waals surface area contributed by atoms with Gasteiger partial charge in [0.15, 0.2) is 8.07 Å². The van der Waals surface area contributed by atoms with Crippen molar-refractivity contribution >= 4 is 86.0 Å². The summed E-state index contributed by atoms with van der Waals surface area (Å²) in [5, 5.41) is 15.3. The van der Waals surface area contributed by atoms with Crippen LogP contribution in [0.3, 0.4) is 0 Å². The molecule has 0 N–H and O–H groups in total. The van der Waals surface area contributed by atoms with Crippen molar-refractivity contribution in [1.82, 2.24) is 0 Å². The molecule has 69 heavy (non-hydrogen) atoms. The molecule has 2 heterocycles. The van der Waals surface area contributed by atoms with Crippen LogP contribution in [0.25, 0.3) is 11.1 Å². The third kappa shape index (κ3) is 7.34. The Kier molecular flexibility index (Phi) is 10.7. The van der Waals surface area contributed by atoms with Crippen LogP contribution in [0.15, 0.2) is 212 Å². The largest absolute Gasteiger partial charge is 0.311 e. The molecule has 0 unspecified atom stereocenters. The maximum Gasteiger partial charge on any atom is 0.252 e. The first-order valence-electron chi connectivity index (χ1n) is 24.3. The average molecular weight is 906 g/mol. The minimum Gasteiger partial charge on any atom is -0.311 e. The number of nitriles is 1. The zero-order valence-corrected chi connectivity index (χ0v) is 41.6. The first kappa shape index (κ1) is 43.9. The highest BCUT2D eigenvalue weighted by Gasteiger charge is 2.45. The van der Waals surface area contributed by atoms with Crippen LogP contribution in [0.4, 0.5) is 34.1 Å². The average Bonchev–Trinajstić information content (AvgIpc) is 3.37. The lowest BCUT2D eigenvalue weighted by Gasteiger charge is -2.45. The summed E-state index contributed by atoms with van der Waals surface area (Å²) in [5.41, 5.74) is 17.5. The molecule has 0 saturated heterocycles. The van der Waals surface area contributed by atoms with E-state index in [1.54, 1.807) is 0 Å². The number of rotatable bonds is 7. The van der Waals surface area contributed by atoms with E-state index in [1.165, 1.54) is 76.6 Å². The molecule has 0 aromatic heterocycles. The molecule has 334 valence electrons. The summed E-state index contributed by atoms with van der Waals surface area (Å²) in [6.07, 6.45) is 0. The lowest BCUT2D eigenvalue weighted by molar-refractivity contribution is 0.590. The van der Waals surface area contributed by atoms with E-state index >= 15 is 0 Å². The maximum absolute atomic E-state index is 10.0. The summed E-state index contributed by atoms with van der Waals surface area (Å²) < 4.78 is 0. The molecule has 9 aromatic rings. The zero-order chi connectivity index (χ0) is 47.7. The van der Waals surface area contributed by atoms with E-state index in [1.807, 2.05) is 12.1 Å². The second-order valence-electron chi connectivity index (χ2n) is 21.0. The van der Waals surface area contributed by atoms with Gasteiger partial charge in [-0.3, -0.25) is 0 Å². The van der Waals surface area contributed by atoms with Gasteiger partial charge in [-0.25, -0.2) is 0 Å². The first-order valence-corrected chi connectivity index (χ1v) is 26.3. The molecule has 0 radical (unpaired) electrons. The quantitative estimate of drug-likeness (QED) is 0.118. The molecule has 0 amide bonds. The Bertz CT molecular complexity index is 3320. The van der Waals surface area contributed by atoms with Gasteiger partial charge < -0.3 is 9.80 Å². The van der Waals surface area contributed by atoms with Crippen molar-refractivity contribution in [2.75, 3.05) is 9.80 Å². The lowest BCUT2D eigenvalue weighted by atomic mass is 9.33. The molecule has 11 rings (SSSR count). The Hall–Kier alpha value is -7.65. The van der Waals surface area contributed by atoms with Crippen molar-refractivity contribution in [2.45, 2.75) is 59.3 Å². The Labute approximate surface area is 410 Å². The van der Waals surface area contributed by atoms with Crippen LogP contribution >= 0.6 is 0 Å². The molecule has 0 aliphatic carbocycles. The van der Waals surface area contributed by atoms with E-state index in [0.717, 1.165) is 22.5 Å². The van der Waals surface area contributed by atoms with Crippen molar-refractivity contribution in [3.63, 3.8) is 0 Å². The fourth-order valence-electron chi connectivity index (χ4n) is 11.2. The Balaban J connectivity index is 1.22. The minimum atomic E-state index is -2.92. The Morgan fingerprint density at radius 1 is 0.435 bits per heavy atom. The summed E-state index contributed by atoms with van der Waals surface area (Å²) in [6.45, 7) is 16.0. The van der Waals surface area contributed by atoms with Crippen LogP contribution in [0.5, 0.6) is 0 Å². The van der Waals surface area contributed by atoms with Gasteiger partial charge in [-0.05, 0) is 132 Å². The number of anilines is 6. The van der Waals surface area contributed by atoms with E-state index in [0.29, 0.717) is 5.56 Å². The predicted molar refractivity (Wildman–Crippen MR) is 296 cm³/mol. The maximum atomic E-state index is 10.0. The number of para-hydroxylation sites is 1. The van der Waals surface area contributed by atoms with Gasteiger partial charge in [0.05, 0.1) is 17.3 Å². The highest BCUT2D eigenvalue weighted by molar-refractivity contribution is 7.20. The fourth-order valence-corrected chi connectivity index (χ4v) is 16.0. The number of aryl methyl sites for hydroxylation is 1. The Morgan fingerprint density at radius 3 is 1.51 bits per heavy atom. The van der Waals surface area contributed by atoms with Crippen LogP contribution in [0.2, 0.25) is 0 Å². The van der Waals surface area contributed by atoms with Gasteiger partial charge in [0.25, 0.3) is 6.71 Å². The first-order chi connectivity index (χ1) is 33.4. The van der Waals surface area contributed by atoms with E-state index in [2.05, 4.69) is 265 Å². The topological polar surface area (TPSA) is 30.3 Å². The van der Waals surface area contributed by atoms with Crippen molar-refractivity contribution in [3.8, 4) is 17.2 Å². The molecule has 2 aliphatic heterocycles. The summed E-state index contributed by atoms with van der Waals surface area (Å²) in [5.74, 6) is 0. The molecule has 0 bridgehead atoms. The number of nitrogens with zero attached hydrogens (tertiary/aromatic N) is 3. The zero-order valence-electron chi connectivity index (χ0n) is 40.6. The standard InChI is InChI=1S/C64H56BN3Si/c1-44-39-60-62-61(40-44)68(58-26-18-17-25-55(58)65(62)56-41-48(64(5,6)7)33-37-59(56)67(60)49-34-31-47(32-35-49)63(2,3)4)57-38-36-53(42-54(57)46-29-27-45(43-66)28-30-46)69(50-19-11-8-12-20-50,51-21-13-9-14-22-51)52-23-15-10-16-24-52/h8-42H,1-7H3. The van der Waals surface area contributed by atoms with Crippen molar-refractivity contribution in [1.29, 1.82) is 5.26 Å². The highest BCUT2D eigenvalue weighted by atomic mass is 28.3. The summed E-state index contributed by atoms with van der Waals surface area (Å²) >= 11 is 0. The second kappa shape index (κ2) is 16.8. The monoisotopic (exact) mass is 905 g/mol. The van der Waals surface area contributed by atoms with Gasteiger partial charge in [-0.15, -0.1) is 0 Å². The van der Waals surface area contributed by atoms with E-state index in [-0.39, 0.29) is 17.5 Å². The highest BCUT2D eigenvalue weighted by Crippen LogP contribution is 2.47. The molecular weight excluding hydrogens is 850 g/mol. The third-order valence-electron chi connectivity index (χ3n) is 14.6. The van der Waals surface area contributed by atoms with Gasteiger partial charge in [-0.2, -0.15) is 5.26 Å². The van der Waals surface area contributed by atoms with Crippen LogP contribution in [-0.2, 0) is 10.8 Å². The Morgan fingerprint density at radius 2 is 0.942 bits per heavy atom. The van der Waals surface area contributed by atoms with E-state index in [4.69, 9.17) is 0 Å². The molecule has 5 heteroatoms. The van der Waals surface area contributed by atoms with Crippen molar-refractivity contribution < 1.29 is 0 Å². The number of fused-ring (bicyclic) bond motifs is 4. The molecule has 0 atom stereocenters. The van der Waals surface area contributed by atoms with Crippen LogP contribution in [0, 0.1) is 18.3 Å². The number of hydrogen-bond acceptors (Lipinski definition) is 3. The van der Waals surface area contributed by atoms with Crippen LogP contribution in [0.1, 0.15) is 63.8 Å². The number of benzene rings is 9. The van der Waals surface area contributed by atoms with Crippen LogP contribution in [-0.4, -0.2) is 14.8 Å². The molecule has 0 saturated carbocycles. The fraction of sp³-hybridized carbons (Fsp3) is 0.141. The van der Waals surface area contributed by atoms with Gasteiger partial charge in [0.2, 0.25) is 0 Å². The van der Waals surface area contributed by atoms with Crippen molar-refractivity contribution in [2.24, 2.45) is 0 Å². The van der Waals surface area contributed by atoms with Crippen molar-refractivity contribution in [3.05, 3.63) is 235 Å². The van der Waals surface area contributed by atoms with Gasteiger partial charge in [-0.1, -0.05) is 199 Å². The second-order valence-corrected chi connectivity index (χ2v) is 24.8. The summed E-state index contributed by atoms with van der Waals surface area (Å²) in [4.78, 5) is 5.07. The van der Waals surface area contributed by atoms with E-state index < -0.39 is 8.07 Å². The van der Waals surface area contributed by atoms with Gasteiger partial charge >= 0.3 is 0 Å². The minimum absolute atomic E-state index is 0.00242. The molecule has 2 aliphatic rings. The van der Waals surface area contributed by atoms with Gasteiger partial charge in [0, 0.05) is 34.0 Å². The summed E-state index contributed by atoms with van der Waals surface area (Å²) in [6, 6.07) is 81.7. The van der Waals surface area contributed by atoms with E-state index in [9.17, 15) is 5.26 Å². The SMILES string of the molecule is Cc1cc2c3c(c1)N(c1ccc([Si](c4ccccc4)(c4ccccc4)c4ccccc4)cc1-c1ccc(C#N)cc1)c1ccccc1B3c1cc(C(C)(C)C)ccc1N2c1ccc(C(C)(C)C)cc1. The van der Waals surface area contributed by atoms with Crippen LogP contribution < -0.4 is 46.9 Å². The normalized spacial score (nSPS) is 13.0. The number of hydrogen-bond donors (Lipinski definition) is 0. The predicted octanol–water partition coefficient (Wildman–Crippen LogP) is 11.6. The molecule has 0 spiro atoms.